The number of aromatic nitrogens is 2. The number of aryl methyl sites for hydroxylation is 1. The first-order valence-electron chi connectivity index (χ1n) is 7.22. The number of nitrogens with zero attached hydrogens (tertiary/aromatic N) is 4. The molecule has 6 nitrogen and oxygen atoms in total. The molecule has 2 aromatic rings. The molecule has 0 saturated carbocycles. The van der Waals surface area contributed by atoms with E-state index in [2.05, 4.69) is 10.00 Å². The molecule has 2 aromatic heterocycles. The molecule has 0 radical (unpaired) electrons. The van der Waals surface area contributed by atoms with Gasteiger partial charge in [0.05, 0.1) is 19.0 Å². The first kappa shape index (κ1) is 13.9. The van der Waals surface area contributed by atoms with Gasteiger partial charge >= 0.3 is 0 Å². The van der Waals surface area contributed by atoms with E-state index in [9.17, 15) is 4.79 Å². The number of furan rings is 1. The molecule has 21 heavy (non-hydrogen) atoms. The van der Waals surface area contributed by atoms with Crippen molar-refractivity contribution < 1.29 is 9.21 Å². The third kappa shape index (κ3) is 3.52. The van der Waals surface area contributed by atoms with Crippen LogP contribution < -0.4 is 0 Å². The van der Waals surface area contributed by atoms with Crippen molar-refractivity contribution in [3.63, 3.8) is 0 Å². The summed E-state index contributed by atoms with van der Waals surface area (Å²) in [5.74, 6) is 1.11. The summed E-state index contributed by atoms with van der Waals surface area (Å²) in [6.07, 6.45) is 5.36. The molecule has 0 aromatic carbocycles. The molecule has 0 spiro atoms. The fourth-order valence-electron chi connectivity index (χ4n) is 2.57. The average Bonchev–Trinajstić information content (AvgIpc) is 3.12. The number of hydrogen-bond donors (Lipinski definition) is 0. The highest BCUT2D eigenvalue weighted by Gasteiger charge is 2.21. The molecule has 0 bridgehead atoms. The third-order valence-electron chi connectivity index (χ3n) is 3.74. The molecule has 0 atom stereocenters. The molecule has 3 rings (SSSR count). The van der Waals surface area contributed by atoms with Gasteiger partial charge in [0.1, 0.15) is 12.3 Å². The Balaban J connectivity index is 1.47. The van der Waals surface area contributed by atoms with E-state index in [1.165, 1.54) is 0 Å². The summed E-state index contributed by atoms with van der Waals surface area (Å²) < 4.78 is 7.06. The Kier molecular flexibility index (Phi) is 4.06. The van der Waals surface area contributed by atoms with Crippen molar-refractivity contribution >= 4 is 5.91 Å². The maximum Gasteiger partial charge on any atom is 0.244 e. The molecule has 1 amide bonds. The highest BCUT2D eigenvalue weighted by Crippen LogP contribution is 2.09. The summed E-state index contributed by atoms with van der Waals surface area (Å²) in [5, 5.41) is 4.16. The molecule has 6 heteroatoms. The smallest absolute Gasteiger partial charge is 0.244 e. The van der Waals surface area contributed by atoms with Gasteiger partial charge in [0, 0.05) is 32.4 Å². The first-order chi connectivity index (χ1) is 10.2. The topological polar surface area (TPSA) is 54.5 Å². The highest BCUT2D eigenvalue weighted by atomic mass is 16.3. The lowest BCUT2D eigenvalue weighted by Crippen LogP contribution is -2.49. The molecule has 1 aliphatic heterocycles. The quantitative estimate of drug-likeness (QED) is 0.846. The Hall–Kier alpha value is -2.08. The van der Waals surface area contributed by atoms with Gasteiger partial charge in [-0.25, -0.2) is 0 Å². The van der Waals surface area contributed by atoms with Crippen LogP contribution >= 0.6 is 0 Å². The Morgan fingerprint density at radius 1 is 1.33 bits per heavy atom. The van der Waals surface area contributed by atoms with Crippen LogP contribution in [0.1, 0.15) is 11.3 Å². The Morgan fingerprint density at radius 3 is 2.76 bits per heavy atom. The van der Waals surface area contributed by atoms with E-state index in [4.69, 9.17) is 4.42 Å². The van der Waals surface area contributed by atoms with Crippen molar-refractivity contribution in [3.8, 4) is 0 Å². The molecule has 1 saturated heterocycles. The monoisotopic (exact) mass is 288 g/mol. The van der Waals surface area contributed by atoms with Crippen molar-refractivity contribution in [2.75, 3.05) is 26.2 Å². The standard InChI is InChI=1S/C15H20N4O2/c1-13-9-16-19(10-13)12-15(20)18-6-4-17(5-7-18)11-14-3-2-8-21-14/h2-3,8-10H,4-7,11-12H2,1H3. The van der Waals surface area contributed by atoms with Gasteiger partial charge in [0.2, 0.25) is 5.91 Å². The van der Waals surface area contributed by atoms with Crippen LogP contribution in [0.2, 0.25) is 0 Å². The number of piperazine rings is 1. The summed E-state index contributed by atoms with van der Waals surface area (Å²) in [6.45, 7) is 6.40. The minimum absolute atomic E-state index is 0.135. The second kappa shape index (κ2) is 6.13. The van der Waals surface area contributed by atoms with E-state index >= 15 is 0 Å². The fourth-order valence-corrected chi connectivity index (χ4v) is 2.57. The SMILES string of the molecule is Cc1cnn(CC(=O)N2CCN(Cc3ccco3)CC2)c1. The van der Waals surface area contributed by atoms with Crippen LogP contribution in [-0.4, -0.2) is 51.7 Å². The van der Waals surface area contributed by atoms with Crippen LogP contribution in [-0.2, 0) is 17.9 Å². The summed E-state index contributed by atoms with van der Waals surface area (Å²) in [7, 11) is 0. The van der Waals surface area contributed by atoms with E-state index in [1.807, 2.05) is 30.2 Å². The largest absolute Gasteiger partial charge is 0.468 e. The Labute approximate surface area is 123 Å². The van der Waals surface area contributed by atoms with E-state index in [-0.39, 0.29) is 5.91 Å². The van der Waals surface area contributed by atoms with Gasteiger partial charge in [-0.3, -0.25) is 14.4 Å². The number of rotatable bonds is 4. The van der Waals surface area contributed by atoms with Crippen LogP contribution in [0.15, 0.2) is 35.2 Å². The molecule has 1 fully saturated rings. The zero-order valence-corrected chi connectivity index (χ0v) is 12.2. The van der Waals surface area contributed by atoms with Crippen LogP contribution in [0.25, 0.3) is 0 Å². The maximum absolute atomic E-state index is 12.2. The molecule has 1 aliphatic rings. The van der Waals surface area contributed by atoms with Crippen molar-refractivity contribution in [3.05, 3.63) is 42.1 Å². The van der Waals surface area contributed by atoms with Crippen molar-refractivity contribution in [1.82, 2.24) is 19.6 Å². The second-order valence-corrected chi connectivity index (χ2v) is 5.45. The number of carbonyl (C=O) groups excluding carboxylic acids is 1. The minimum Gasteiger partial charge on any atom is -0.468 e. The van der Waals surface area contributed by atoms with E-state index in [1.54, 1.807) is 17.1 Å². The lowest BCUT2D eigenvalue weighted by Gasteiger charge is -2.34. The van der Waals surface area contributed by atoms with Crippen LogP contribution in [0.4, 0.5) is 0 Å². The molecule has 112 valence electrons. The van der Waals surface area contributed by atoms with Crippen LogP contribution in [0, 0.1) is 6.92 Å². The minimum atomic E-state index is 0.135. The van der Waals surface area contributed by atoms with Crippen molar-refractivity contribution in [1.29, 1.82) is 0 Å². The fraction of sp³-hybridized carbons (Fsp3) is 0.467. The summed E-state index contributed by atoms with van der Waals surface area (Å²) in [4.78, 5) is 16.4. The summed E-state index contributed by atoms with van der Waals surface area (Å²) in [5.41, 5.74) is 1.08. The molecule has 3 heterocycles. The molecular weight excluding hydrogens is 268 g/mol. The zero-order valence-electron chi connectivity index (χ0n) is 12.2. The Morgan fingerprint density at radius 2 is 2.14 bits per heavy atom. The highest BCUT2D eigenvalue weighted by molar-refractivity contribution is 5.76. The number of carbonyl (C=O) groups is 1. The molecule has 0 unspecified atom stereocenters. The van der Waals surface area contributed by atoms with Crippen molar-refractivity contribution in [2.45, 2.75) is 20.0 Å². The lowest BCUT2D eigenvalue weighted by molar-refractivity contribution is -0.133. The second-order valence-electron chi connectivity index (χ2n) is 5.45. The molecule has 0 N–H and O–H groups in total. The summed E-state index contributed by atoms with van der Waals surface area (Å²) in [6, 6.07) is 3.89. The normalized spacial score (nSPS) is 16.3. The average molecular weight is 288 g/mol. The van der Waals surface area contributed by atoms with Gasteiger partial charge in [-0.15, -0.1) is 0 Å². The van der Waals surface area contributed by atoms with Gasteiger partial charge in [-0.2, -0.15) is 5.10 Å². The zero-order chi connectivity index (χ0) is 14.7. The van der Waals surface area contributed by atoms with Gasteiger partial charge in [-0.1, -0.05) is 0 Å². The molecular formula is C15H20N4O2. The molecule has 0 aliphatic carbocycles. The van der Waals surface area contributed by atoms with E-state index < -0.39 is 0 Å². The number of amides is 1. The number of hydrogen-bond acceptors (Lipinski definition) is 4. The predicted molar refractivity (Wildman–Crippen MR) is 77.5 cm³/mol. The lowest BCUT2D eigenvalue weighted by atomic mass is 10.3. The summed E-state index contributed by atoms with van der Waals surface area (Å²) >= 11 is 0. The first-order valence-corrected chi connectivity index (χ1v) is 7.22. The Bertz CT molecular complexity index is 583. The third-order valence-corrected chi connectivity index (χ3v) is 3.74. The van der Waals surface area contributed by atoms with Gasteiger partial charge in [-0.05, 0) is 24.6 Å². The van der Waals surface area contributed by atoms with Gasteiger partial charge in [0.15, 0.2) is 0 Å². The van der Waals surface area contributed by atoms with Crippen molar-refractivity contribution in [2.24, 2.45) is 0 Å². The predicted octanol–water partition coefficient (Wildman–Crippen LogP) is 1.13. The van der Waals surface area contributed by atoms with Crippen LogP contribution in [0.3, 0.4) is 0 Å². The van der Waals surface area contributed by atoms with Gasteiger partial charge in [0.25, 0.3) is 0 Å². The van der Waals surface area contributed by atoms with Crippen LogP contribution in [0.5, 0.6) is 0 Å². The van der Waals surface area contributed by atoms with Gasteiger partial charge < -0.3 is 9.32 Å². The van der Waals surface area contributed by atoms with E-state index in [0.29, 0.717) is 6.54 Å². The van der Waals surface area contributed by atoms with E-state index in [0.717, 1.165) is 44.0 Å². The maximum atomic E-state index is 12.2.